The molecule has 0 aromatic heterocycles. The molecule has 2 aromatic rings. The van der Waals surface area contributed by atoms with Gasteiger partial charge in [0.05, 0.1) is 5.69 Å². The average Bonchev–Trinajstić information content (AvgIpc) is 2.54. The van der Waals surface area contributed by atoms with Crippen LogP contribution in [0.25, 0.3) is 6.08 Å². The van der Waals surface area contributed by atoms with Gasteiger partial charge in [-0.05, 0) is 60.6 Å². The SMILES string of the molecule is Cc1ccccc1C=C1C(=O)NC(=S)N(c2ccc(Cl)cc2)C1=O. The lowest BCUT2D eigenvalue weighted by molar-refractivity contribution is -0.122. The van der Waals surface area contributed by atoms with Crippen LogP contribution in [0.3, 0.4) is 0 Å². The molecule has 4 nitrogen and oxygen atoms in total. The van der Waals surface area contributed by atoms with Crippen molar-refractivity contribution < 1.29 is 9.59 Å². The number of hydrogen-bond donors (Lipinski definition) is 1. The number of nitrogens with zero attached hydrogens (tertiary/aromatic N) is 1. The summed E-state index contributed by atoms with van der Waals surface area (Å²) in [6.07, 6.45) is 1.58. The number of aryl methyl sites for hydroxylation is 1. The molecule has 0 spiro atoms. The van der Waals surface area contributed by atoms with Crippen LogP contribution in [0.2, 0.25) is 5.02 Å². The quantitative estimate of drug-likeness (QED) is 0.509. The van der Waals surface area contributed by atoms with Gasteiger partial charge in [-0.15, -0.1) is 0 Å². The summed E-state index contributed by atoms with van der Waals surface area (Å²) >= 11 is 11.0. The Bertz CT molecular complexity index is 875. The highest BCUT2D eigenvalue weighted by Crippen LogP contribution is 2.24. The van der Waals surface area contributed by atoms with E-state index in [2.05, 4.69) is 5.32 Å². The first-order chi connectivity index (χ1) is 11.5. The number of nitrogens with one attached hydrogen (secondary N) is 1. The Kier molecular flexibility index (Phi) is 4.46. The molecule has 24 heavy (non-hydrogen) atoms. The van der Waals surface area contributed by atoms with Gasteiger partial charge in [0.2, 0.25) is 0 Å². The summed E-state index contributed by atoms with van der Waals surface area (Å²) in [6.45, 7) is 1.92. The lowest BCUT2D eigenvalue weighted by atomic mass is 10.0. The molecule has 0 unspecified atom stereocenters. The van der Waals surface area contributed by atoms with Gasteiger partial charge in [-0.25, -0.2) is 0 Å². The fourth-order valence-corrected chi connectivity index (χ4v) is 2.79. The summed E-state index contributed by atoms with van der Waals surface area (Å²) in [6, 6.07) is 14.2. The number of hydrogen-bond acceptors (Lipinski definition) is 3. The second-order valence-corrected chi connectivity index (χ2v) is 6.11. The molecule has 1 saturated heterocycles. The van der Waals surface area contributed by atoms with Crippen molar-refractivity contribution in [3.63, 3.8) is 0 Å². The minimum Gasteiger partial charge on any atom is -0.298 e. The molecule has 2 amide bonds. The molecule has 0 aliphatic carbocycles. The first-order valence-electron chi connectivity index (χ1n) is 7.20. The van der Waals surface area contributed by atoms with Crippen molar-refractivity contribution >= 4 is 52.5 Å². The smallest absolute Gasteiger partial charge is 0.270 e. The Hall–Kier alpha value is -2.50. The van der Waals surface area contributed by atoms with Crippen LogP contribution in [0.5, 0.6) is 0 Å². The lowest BCUT2D eigenvalue weighted by Crippen LogP contribution is -2.54. The fraction of sp³-hybridized carbons (Fsp3) is 0.0556. The van der Waals surface area contributed by atoms with Crippen molar-refractivity contribution in [2.75, 3.05) is 4.90 Å². The van der Waals surface area contributed by atoms with E-state index in [9.17, 15) is 9.59 Å². The summed E-state index contributed by atoms with van der Waals surface area (Å²) in [4.78, 5) is 26.3. The normalized spacial score (nSPS) is 16.5. The predicted molar refractivity (Wildman–Crippen MR) is 98.8 cm³/mol. The zero-order valence-corrected chi connectivity index (χ0v) is 14.3. The number of thiocarbonyl (C=S) groups is 1. The van der Waals surface area contributed by atoms with Gasteiger partial charge in [0.25, 0.3) is 11.8 Å². The molecule has 120 valence electrons. The highest BCUT2D eigenvalue weighted by molar-refractivity contribution is 7.80. The molecule has 0 atom stereocenters. The van der Waals surface area contributed by atoms with Gasteiger partial charge < -0.3 is 0 Å². The maximum absolute atomic E-state index is 12.8. The Morgan fingerprint density at radius 2 is 1.75 bits per heavy atom. The summed E-state index contributed by atoms with van der Waals surface area (Å²) in [5.41, 5.74) is 2.36. The Balaban J connectivity index is 2.03. The van der Waals surface area contributed by atoms with Crippen LogP contribution in [-0.4, -0.2) is 16.9 Å². The van der Waals surface area contributed by atoms with Gasteiger partial charge in [0.15, 0.2) is 5.11 Å². The number of benzene rings is 2. The van der Waals surface area contributed by atoms with E-state index in [1.165, 1.54) is 4.90 Å². The zero-order chi connectivity index (χ0) is 17.3. The van der Waals surface area contributed by atoms with E-state index in [1.807, 2.05) is 31.2 Å². The van der Waals surface area contributed by atoms with Crippen LogP contribution in [0.15, 0.2) is 54.1 Å². The van der Waals surface area contributed by atoms with E-state index in [0.717, 1.165) is 11.1 Å². The molecule has 1 aliphatic heterocycles. The van der Waals surface area contributed by atoms with Crippen molar-refractivity contribution in [1.29, 1.82) is 0 Å². The van der Waals surface area contributed by atoms with E-state index >= 15 is 0 Å². The third kappa shape index (κ3) is 3.09. The number of halogens is 1. The molecule has 3 rings (SSSR count). The molecule has 1 N–H and O–H groups in total. The van der Waals surface area contributed by atoms with Gasteiger partial charge in [0, 0.05) is 5.02 Å². The molecule has 0 radical (unpaired) electrons. The topological polar surface area (TPSA) is 49.4 Å². The molecule has 0 saturated carbocycles. The third-order valence-electron chi connectivity index (χ3n) is 3.67. The summed E-state index contributed by atoms with van der Waals surface area (Å²) in [7, 11) is 0. The van der Waals surface area contributed by atoms with Gasteiger partial charge in [-0.2, -0.15) is 0 Å². The Morgan fingerprint density at radius 3 is 2.42 bits per heavy atom. The van der Waals surface area contributed by atoms with Gasteiger partial charge >= 0.3 is 0 Å². The minimum atomic E-state index is -0.501. The van der Waals surface area contributed by atoms with Crippen LogP contribution in [-0.2, 0) is 9.59 Å². The van der Waals surface area contributed by atoms with Gasteiger partial charge in [0.1, 0.15) is 5.57 Å². The van der Waals surface area contributed by atoms with Gasteiger partial charge in [-0.1, -0.05) is 35.9 Å². The molecule has 1 aliphatic rings. The number of amides is 2. The maximum Gasteiger partial charge on any atom is 0.270 e. The second-order valence-electron chi connectivity index (χ2n) is 5.29. The Morgan fingerprint density at radius 1 is 1.08 bits per heavy atom. The Labute approximate surface area is 149 Å². The summed E-state index contributed by atoms with van der Waals surface area (Å²) in [5, 5.41) is 3.16. The van der Waals surface area contributed by atoms with Crippen LogP contribution in [0, 0.1) is 6.92 Å². The first kappa shape index (κ1) is 16.4. The van der Waals surface area contributed by atoms with E-state index < -0.39 is 11.8 Å². The van der Waals surface area contributed by atoms with Crippen LogP contribution in [0.1, 0.15) is 11.1 Å². The predicted octanol–water partition coefficient (Wildman–Crippen LogP) is 3.48. The molecular weight excluding hydrogens is 344 g/mol. The highest BCUT2D eigenvalue weighted by atomic mass is 35.5. The van der Waals surface area contributed by atoms with E-state index in [1.54, 1.807) is 30.3 Å². The lowest BCUT2D eigenvalue weighted by Gasteiger charge is -2.29. The van der Waals surface area contributed by atoms with Crippen molar-refractivity contribution in [1.82, 2.24) is 5.32 Å². The molecule has 1 fully saturated rings. The second kappa shape index (κ2) is 6.55. The van der Waals surface area contributed by atoms with Gasteiger partial charge in [-0.3, -0.25) is 19.8 Å². The van der Waals surface area contributed by atoms with Crippen molar-refractivity contribution in [3.05, 3.63) is 70.3 Å². The number of anilines is 1. The average molecular weight is 357 g/mol. The third-order valence-corrected chi connectivity index (χ3v) is 4.21. The zero-order valence-electron chi connectivity index (χ0n) is 12.7. The van der Waals surface area contributed by atoms with E-state index in [-0.39, 0.29) is 10.7 Å². The molecule has 1 heterocycles. The van der Waals surface area contributed by atoms with Crippen molar-refractivity contribution in [3.8, 4) is 0 Å². The molecule has 6 heteroatoms. The van der Waals surface area contributed by atoms with E-state index in [0.29, 0.717) is 10.7 Å². The molecule has 0 bridgehead atoms. The maximum atomic E-state index is 12.8. The first-order valence-corrected chi connectivity index (χ1v) is 7.98. The standard InChI is InChI=1S/C18H13ClN2O2S/c1-11-4-2-3-5-12(11)10-15-16(22)20-18(24)21(17(15)23)14-8-6-13(19)7-9-14/h2-10H,1H3,(H,20,22,24). The van der Waals surface area contributed by atoms with Crippen LogP contribution >= 0.6 is 23.8 Å². The minimum absolute atomic E-state index is 0.0350. The monoisotopic (exact) mass is 356 g/mol. The van der Waals surface area contributed by atoms with Crippen molar-refractivity contribution in [2.24, 2.45) is 0 Å². The highest BCUT2D eigenvalue weighted by Gasteiger charge is 2.34. The number of carbonyl (C=O) groups excluding carboxylic acids is 2. The summed E-state index contributed by atoms with van der Waals surface area (Å²) in [5.74, 6) is -0.965. The molecule has 2 aromatic carbocycles. The molecular formula is C18H13ClN2O2S. The van der Waals surface area contributed by atoms with Crippen molar-refractivity contribution in [2.45, 2.75) is 6.92 Å². The largest absolute Gasteiger partial charge is 0.298 e. The van der Waals surface area contributed by atoms with Crippen LogP contribution in [0.4, 0.5) is 5.69 Å². The number of rotatable bonds is 2. The number of carbonyl (C=O) groups is 2. The van der Waals surface area contributed by atoms with Crippen LogP contribution < -0.4 is 10.2 Å². The summed E-state index contributed by atoms with van der Waals surface area (Å²) < 4.78 is 0. The van der Waals surface area contributed by atoms with E-state index in [4.69, 9.17) is 23.8 Å². The fourth-order valence-electron chi connectivity index (χ4n) is 2.39.